The highest BCUT2D eigenvalue weighted by Gasteiger charge is 2.37. The maximum Gasteiger partial charge on any atom is 0.308 e. The van der Waals surface area contributed by atoms with Gasteiger partial charge in [0.2, 0.25) is 5.91 Å². The summed E-state index contributed by atoms with van der Waals surface area (Å²) in [5.41, 5.74) is -0.302. The predicted molar refractivity (Wildman–Crippen MR) is 64.6 cm³/mol. The standard InChI is InChI=1S/C12H22N2O3/c1-3-12(4-6-13-7-5-12)11(17)14-8-9(2)10(15)16/h9,13H,3-8H2,1-2H3,(H,14,17)(H,15,16). The number of nitrogens with one attached hydrogen (secondary N) is 2. The molecule has 1 atom stereocenters. The maximum absolute atomic E-state index is 12.1. The van der Waals surface area contributed by atoms with Gasteiger partial charge in [-0.2, -0.15) is 0 Å². The lowest BCUT2D eigenvalue weighted by Crippen LogP contribution is -2.48. The van der Waals surface area contributed by atoms with E-state index in [4.69, 9.17) is 5.11 Å². The fraction of sp³-hybridized carbons (Fsp3) is 0.833. The van der Waals surface area contributed by atoms with E-state index in [9.17, 15) is 9.59 Å². The Morgan fingerprint density at radius 3 is 2.47 bits per heavy atom. The second kappa shape index (κ2) is 6.00. The van der Waals surface area contributed by atoms with Crippen LogP contribution in [-0.2, 0) is 9.59 Å². The number of piperidine rings is 1. The molecule has 98 valence electrons. The first-order valence-electron chi connectivity index (χ1n) is 6.23. The van der Waals surface area contributed by atoms with Crippen LogP contribution in [0.3, 0.4) is 0 Å². The van der Waals surface area contributed by atoms with E-state index in [1.807, 2.05) is 6.92 Å². The average Bonchev–Trinajstić information content (AvgIpc) is 2.36. The van der Waals surface area contributed by atoms with E-state index in [0.29, 0.717) is 0 Å². The molecule has 0 radical (unpaired) electrons. The van der Waals surface area contributed by atoms with Crippen molar-refractivity contribution < 1.29 is 14.7 Å². The first-order valence-corrected chi connectivity index (χ1v) is 6.23. The summed E-state index contributed by atoms with van der Waals surface area (Å²) in [6.07, 6.45) is 2.47. The zero-order valence-corrected chi connectivity index (χ0v) is 10.6. The minimum Gasteiger partial charge on any atom is -0.481 e. The lowest BCUT2D eigenvalue weighted by Gasteiger charge is -2.35. The number of carbonyl (C=O) groups excluding carboxylic acids is 1. The summed E-state index contributed by atoms with van der Waals surface area (Å²) in [6, 6.07) is 0. The van der Waals surface area contributed by atoms with Crippen molar-refractivity contribution in [3.8, 4) is 0 Å². The summed E-state index contributed by atoms with van der Waals surface area (Å²) in [4.78, 5) is 22.8. The van der Waals surface area contributed by atoms with Crippen molar-refractivity contribution in [3.63, 3.8) is 0 Å². The van der Waals surface area contributed by atoms with Gasteiger partial charge in [-0.25, -0.2) is 0 Å². The van der Waals surface area contributed by atoms with Gasteiger partial charge in [0.15, 0.2) is 0 Å². The van der Waals surface area contributed by atoms with Crippen molar-refractivity contribution in [1.29, 1.82) is 0 Å². The average molecular weight is 242 g/mol. The molecular weight excluding hydrogens is 220 g/mol. The summed E-state index contributed by atoms with van der Waals surface area (Å²) < 4.78 is 0. The van der Waals surface area contributed by atoms with Crippen molar-refractivity contribution in [2.45, 2.75) is 33.1 Å². The Kier molecular flexibility index (Phi) is 4.93. The number of amides is 1. The summed E-state index contributed by atoms with van der Waals surface area (Å²) in [7, 11) is 0. The Bertz CT molecular complexity index is 285. The van der Waals surface area contributed by atoms with E-state index >= 15 is 0 Å². The van der Waals surface area contributed by atoms with Crippen molar-refractivity contribution >= 4 is 11.9 Å². The lowest BCUT2D eigenvalue weighted by atomic mass is 9.76. The van der Waals surface area contributed by atoms with Gasteiger partial charge in [-0.05, 0) is 32.4 Å². The molecule has 0 saturated carbocycles. The highest BCUT2D eigenvalue weighted by molar-refractivity contribution is 5.83. The van der Waals surface area contributed by atoms with Crippen LogP contribution in [0, 0.1) is 11.3 Å². The molecule has 0 bridgehead atoms. The minimum atomic E-state index is -0.874. The molecule has 5 heteroatoms. The van der Waals surface area contributed by atoms with Crippen LogP contribution >= 0.6 is 0 Å². The molecule has 1 amide bonds. The number of aliphatic carboxylic acids is 1. The molecule has 1 aliphatic rings. The zero-order chi connectivity index (χ0) is 12.9. The molecular formula is C12H22N2O3. The van der Waals surface area contributed by atoms with Gasteiger partial charge < -0.3 is 15.7 Å². The minimum absolute atomic E-state index is 0.00889. The van der Waals surface area contributed by atoms with Gasteiger partial charge in [0.1, 0.15) is 0 Å². The first kappa shape index (κ1) is 14.0. The Hall–Kier alpha value is -1.10. The summed E-state index contributed by atoms with van der Waals surface area (Å²) in [5.74, 6) is -1.40. The topological polar surface area (TPSA) is 78.4 Å². The van der Waals surface area contributed by atoms with E-state index in [2.05, 4.69) is 10.6 Å². The number of carboxylic acids is 1. The molecule has 5 nitrogen and oxygen atoms in total. The number of hydrogen-bond acceptors (Lipinski definition) is 3. The first-order chi connectivity index (χ1) is 8.02. The smallest absolute Gasteiger partial charge is 0.308 e. The van der Waals surface area contributed by atoms with Crippen LogP contribution < -0.4 is 10.6 Å². The normalized spacial score (nSPS) is 20.6. The van der Waals surface area contributed by atoms with Crippen molar-refractivity contribution in [2.75, 3.05) is 19.6 Å². The Morgan fingerprint density at radius 2 is 2.00 bits per heavy atom. The SMILES string of the molecule is CCC1(C(=O)NCC(C)C(=O)O)CCNCC1. The van der Waals surface area contributed by atoms with Crippen LogP contribution in [0.1, 0.15) is 33.1 Å². The van der Waals surface area contributed by atoms with E-state index in [1.165, 1.54) is 0 Å². The number of carbonyl (C=O) groups is 2. The van der Waals surface area contributed by atoms with Crippen molar-refractivity contribution in [3.05, 3.63) is 0 Å². The molecule has 1 aliphatic heterocycles. The molecule has 0 aliphatic carbocycles. The third-order valence-electron chi connectivity index (χ3n) is 3.71. The third kappa shape index (κ3) is 3.43. The molecule has 0 spiro atoms. The van der Waals surface area contributed by atoms with Crippen LogP contribution in [-0.4, -0.2) is 36.6 Å². The maximum atomic E-state index is 12.1. The fourth-order valence-electron chi connectivity index (χ4n) is 2.17. The third-order valence-corrected chi connectivity index (χ3v) is 3.71. The second-order valence-electron chi connectivity index (χ2n) is 4.83. The number of rotatable bonds is 5. The predicted octanol–water partition coefficient (Wildman–Crippen LogP) is 0.603. The quantitative estimate of drug-likeness (QED) is 0.660. The van der Waals surface area contributed by atoms with Gasteiger partial charge in [0.25, 0.3) is 0 Å². The Balaban J connectivity index is 2.52. The monoisotopic (exact) mass is 242 g/mol. The molecule has 1 heterocycles. The van der Waals surface area contributed by atoms with Crippen LogP contribution in [0.4, 0.5) is 0 Å². The van der Waals surface area contributed by atoms with Gasteiger partial charge in [-0.1, -0.05) is 13.8 Å². The molecule has 0 aromatic carbocycles. The molecule has 0 aromatic heterocycles. The summed E-state index contributed by atoms with van der Waals surface area (Å²) in [6.45, 7) is 5.55. The molecule has 1 unspecified atom stereocenters. The highest BCUT2D eigenvalue weighted by Crippen LogP contribution is 2.32. The van der Waals surface area contributed by atoms with E-state index in [-0.39, 0.29) is 17.9 Å². The van der Waals surface area contributed by atoms with Gasteiger partial charge in [0, 0.05) is 6.54 Å². The number of hydrogen-bond donors (Lipinski definition) is 3. The van der Waals surface area contributed by atoms with Crippen LogP contribution in [0.15, 0.2) is 0 Å². The Labute approximate surface area is 102 Å². The van der Waals surface area contributed by atoms with Crippen molar-refractivity contribution in [1.82, 2.24) is 10.6 Å². The largest absolute Gasteiger partial charge is 0.481 e. The van der Waals surface area contributed by atoms with Gasteiger partial charge in [-0.3, -0.25) is 9.59 Å². The van der Waals surface area contributed by atoms with E-state index in [0.717, 1.165) is 32.4 Å². The van der Waals surface area contributed by atoms with E-state index < -0.39 is 11.9 Å². The van der Waals surface area contributed by atoms with Crippen LogP contribution in [0.25, 0.3) is 0 Å². The second-order valence-corrected chi connectivity index (χ2v) is 4.83. The molecule has 1 saturated heterocycles. The van der Waals surface area contributed by atoms with Gasteiger partial charge in [-0.15, -0.1) is 0 Å². The van der Waals surface area contributed by atoms with Gasteiger partial charge in [0.05, 0.1) is 11.3 Å². The Morgan fingerprint density at radius 1 is 1.41 bits per heavy atom. The molecule has 1 rings (SSSR count). The molecule has 0 aromatic rings. The van der Waals surface area contributed by atoms with Gasteiger partial charge >= 0.3 is 5.97 Å². The van der Waals surface area contributed by atoms with Crippen LogP contribution in [0.5, 0.6) is 0 Å². The summed E-state index contributed by atoms with van der Waals surface area (Å²) in [5, 5.41) is 14.8. The van der Waals surface area contributed by atoms with Crippen molar-refractivity contribution in [2.24, 2.45) is 11.3 Å². The highest BCUT2D eigenvalue weighted by atomic mass is 16.4. The summed E-state index contributed by atoms with van der Waals surface area (Å²) >= 11 is 0. The fourth-order valence-corrected chi connectivity index (χ4v) is 2.17. The molecule has 17 heavy (non-hydrogen) atoms. The zero-order valence-electron chi connectivity index (χ0n) is 10.6. The molecule has 1 fully saturated rings. The van der Waals surface area contributed by atoms with E-state index in [1.54, 1.807) is 6.92 Å². The lowest BCUT2D eigenvalue weighted by molar-refractivity contribution is -0.141. The van der Waals surface area contributed by atoms with Crippen LogP contribution in [0.2, 0.25) is 0 Å². The molecule has 3 N–H and O–H groups in total. The number of carboxylic acid groups (broad SMARTS) is 1.